The summed E-state index contributed by atoms with van der Waals surface area (Å²) in [5, 5.41) is 0. The molecule has 1 aromatic heterocycles. The summed E-state index contributed by atoms with van der Waals surface area (Å²) in [5.74, 6) is 0.706. The van der Waals surface area contributed by atoms with Crippen LogP contribution in [0.2, 0.25) is 0 Å². The van der Waals surface area contributed by atoms with Gasteiger partial charge < -0.3 is 14.5 Å². The van der Waals surface area contributed by atoms with E-state index in [9.17, 15) is 4.79 Å². The number of halogens is 1. The van der Waals surface area contributed by atoms with Crippen LogP contribution < -0.4 is 4.90 Å². The highest BCUT2D eigenvalue weighted by Gasteiger charge is 2.30. The van der Waals surface area contributed by atoms with E-state index in [0.717, 1.165) is 10.2 Å². The van der Waals surface area contributed by atoms with Crippen molar-refractivity contribution in [2.45, 2.75) is 46.3 Å². The van der Waals surface area contributed by atoms with Crippen molar-refractivity contribution in [3.8, 4) is 0 Å². The van der Waals surface area contributed by atoms with Crippen molar-refractivity contribution in [3.05, 3.63) is 16.4 Å². The van der Waals surface area contributed by atoms with Gasteiger partial charge in [0.2, 0.25) is 5.95 Å². The molecule has 1 amide bonds. The molecule has 7 heteroatoms. The fourth-order valence-electron chi connectivity index (χ4n) is 2.33. The molecule has 0 aliphatic carbocycles. The second-order valence-electron chi connectivity index (χ2n) is 6.57. The molecule has 0 bridgehead atoms. The van der Waals surface area contributed by atoms with Crippen molar-refractivity contribution in [2.75, 3.05) is 24.5 Å². The minimum Gasteiger partial charge on any atom is -0.444 e. The summed E-state index contributed by atoms with van der Waals surface area (Å²) in [6.45, 7) is 11.6. The summed E-state index contributed by atoms with van der Waals surface area (Å²) in [4.78, 5) is 24.9. The summed E-state index contributed by atoms with van der Waals surface area (Å²) in [7, 11) is 0. The van der Waals surface area contributed by atoms with E-state index in [4.69, 9.17) is 4.74 Å². The predicted octanol–water partition coefficient (Wildman–Crippen LogP) is 2.99. The number of nitrogens with zero attached hydrogens (tertiary/aromatic N) is 4. The quantitative estimate of drug-likeness (QED) is 0.760. The standard InChI is InChI=1S/C15H23BrN4O2/c1-10-9-19(14(21)22-15(3,4)5)6-7-20(10)13-17-8-12(16)11(2)18-13/h8,10H,6-7,9H2,1-5H3/t10-/m0/s1. The van der Waals surface area contributed by atoms with E-state index < -0.39 is 5.60 Å². The number of hydrogen-bond acceptors (Lipinski definition) is 5. The van der Waals surface area contributed by atoms with Crippen LogP contribution in [0, 0.1) is 6.92 Å². The molecule has 0 saturated carbocycles. The Bertz CT molecular complexity index is 559. The zero-order valence-electron chi connectivity index (χ0n) is 13.8. The number of amides is 1. The number of piperazine rings is 1. The molecule has 1 aliphatic heterocycles. The normalized spacial score (nSPS) is 19.3. The van der Waals surface area contributed by atoms with Gasteiger partial charge in [-0.1, -0.05) is 0 Å². The molecule has 0 radical (unpaired) electrons. The van der Waals surface area contributed by atoms with Gasteiger partial charge in [0.05, 0.1) is 10.2 Å². The number of aryl methyl sites for hydroxylation is 1. The van der Waals surface area contributed by atoms with Crippen molar-refractivity contribution >= 4 is 28.0 Å². The van der Waals surface area contributed by atoms with E-state index in [0.29, 0.717) is 25.6 Å². The molecule has 122 valence electrons. The Morgan fingerprint density at radius 3 is 2.64 bits per heavy atom. The van der Waals surface area contributed by atoms with Crippen molar-refractivity contribution < 1.29 is 9.53 Å². The number of rotatable bonds is 1. The molecule has 0 aromatic carbocycles. The molecule has 1 aromatic rings. The van der Waals surface area contributed by atoms with Crippen molar-refractivity contribution in [3.63, 3.8) is 0 Å². The molecule has 1 atom stereocenters. The zero-order chi connectivity index (χ0) is 16.5. The van der Waals surface area contributed by atoms with Crippen LogP contribution in [0.4, 0.5) is 10.7 Å². The van der Waals surface area contributed by atoms with Crippen LogP contribution in [-0.4, -0.2) is 52.2 Å². The summed E-state index contributed by atoms with van der Waals surface area (Å²) < 4.78 is 6.33. The Hall–Kier alpha value is -1.37. The average molecular weight is 371 g/mol. The zero-order valence-corrected chi connectivity index (χ0v) is 15.3. The first-order chi connectivity index (χ1) is 10.2. The number of aromatic nitrogens is 2. The predicted molar refractivity (Wildman–Crippen MR) is 89.1 cm³/mol. The van der Waals surface area contributed by atoms with Gasteiger partial charge in [-0.15, -0.1) is 0 Å². The van der Waals surface area contributed by atoms with Gasteiger partial charge in [-0.05, 0) is 50.5 Å². The van der Waals surface area contributed by atoms with E-state index in [-0.39, 0.29) is 12.1 Å². The lowest BCUT2D eigenvalue weighted by atomic mass is 10.2. The lowest BCUT2D eigenvalue weighted by Crippen LogP contribution is -2.55. The smallest absolute Gasteiger partial charge is 0.410 e. The minimum absolute atomic E-state index is 0.141. The van der Waals surface area contributed by atoms with Gasteiger partial charge in [-0.25, -0.2) is 14.8 Å². The second-order valence-corrected chi connectivity index (χ2v) is 7.43. The topological polar surface area (TPSA) is 58.6 Å². The lowest BCUT2D eigenvalue weighted by Gasteiger charge is -2.40. The van der Waals surface area contributed by atoms with E-state index in [1.54, 1.807) is 11.1 Å². The first-order valence-electron chi connectivity index (χ1n) is 7.41. The number of anilines is 1. The third-order valence-electron chi connectivity index (χ3n) is 3.44. The molecule has 1 fully saturated rings. The molecule has 2 heterocycles. The lowest BCUT2D eigenvalue weighted by molar-refractivity contribution is 0.0218. The molecule has 6 nitrogen and oxygen atoms in total. The number of carbonyl (C=O) groups is 1. The van der Waals surface area contributed by atoms with Crippen LogP contribution in [0.5, 0.6) is 0 Å². The van der Waals surface area contributed by atoms with Crippen molar-refractivity contribution in [2.24, 2.45) is 0 Å². The van der Waals surface area contributed by atoms with Gasteiger partial charge in [-0.3, -0.25) is 0 Å². The fraction of sp³-hybridized carbons (Fsp3) is 0.667. The maximum atomic E-state index is 12.1. The Morgan fingerprint density at radius 2 is 2.09 bits per heavy atom. The van der Waals surface area contributed by atoms with E-state index in [1.165, 1.54) is 0 Å². The summed E-state index contributed by atoms with van der Waals surface area (Å²) in [5.41, 5.74) is 0.440. The summed E-state index contributed by atoms with van der Waals surface area (Å²) >= 11 is 3.41. The van der Waals surface area contributed by atoms with Crippen LogP contribution >= 0.6 is 15.9 Å². The van der Waals surface area contributed by atoms with Crippen LogP contribution in [0.15, 0.2) is 10.7 Å². The molecule has 2 rings (SSSR count). The Morgan fingerprint density at radius 1 is 1.41 bits per heavy atom. The highest BCUT2D eigenvalue weighted by molar-refractivity contribution is 9.10. The molecular formula is C15H23BrN4O2. The number of hydrogen-bond donors (Lipinski definition) is 0. The first-order valence-corrected chi connectivity index (χ1v) is 8.20. The highest BCUT2D eigenvalue weighted by Crippen LogP contribution is 2.21. The van der Waals surface area contributed by atoms with Crippen LogP contribution in [0.3, 0.4) is 0 Å². The van der Waals surface area contributed by atoms with E-state index >= 15 is 0 Å². The second kappa shape index (κ2) is 6.40. The monoisotopic (exact) mass is 370 g/mol. The van der Waals surface area contributed by atoms with Gasteiger partial charge >= 0.3 is 6.09 Å². The minimum atomic E-state index is -0.469. The largest absolute Gasteiger partial charge is 0.444 e. The number of carbonyl (C=O) groups excluding carboxylic acids is 1. The van der Waals surface area contributed by atoms with Crippen LogP contribution in [0.25, 0.3) is 0 Å². The molecule has 0 spiro atoms. The van der Waals surface area contributed by atoms with Gasteiger partial charge in [0.1, 0.15) is 5.60 Å². The van der Waals surface area contributed by atoms with Gasteiger partial charge in [0.25, 0.3) is 0 Å². The van der Waals surface area contributed by atoms with Gasteiger partial charge in [0, 0.05) is 31.9 Å². The Labute approximate surface area is 140 Å². The first kappa shape index (κ1) is 17.0. The molecule has 0 unspecified atom stereocenters. The number of ether oxygens (including phenoxy) is 1. The SMILES string of the molecule is Cc1nc(N2CCN(C(=O)OC(C)(C)C)C[C@@H]2C)ncc1Br. The third kappa shape index (κ3) is 4.09. The fourth-order valence-corrected chi connectivity index (χ4v) is 2.52. The van der Waals surface area contributed by atoms with Crippen molar-refractivity contribution in [1.29, 1.82) is 0 Å². The highest BCUT2D eigenvalue weighted by atomic mass is 79.9. The van der Waals surface area contributed by atoms with E-state index in [2.05, 4.69) is 37.7 Å². The maximum absolute atomic E-state index is 12.1. The molecule has 1 saturated heterocycles. The van der Waals surface area contributed by atoms with Gasteiger partial charge in [0.15, 0.2) is 0 Å². The maximum Gasteiger partial charge on any atom is 0.410 e. The average Bonchev–Trinajstić information content (AvgIpc) is 2.40. The molecule has 0 N–H and O–H groups in total. The molecule has 22 heavy (non-hydrogen) atoms. The van der Waals surface area contributed by atoms with Crippen molar-refractivity contribution in [1.82, 2.24) is 14.9 Å². The Kier molecular flexibility index (Phi) is 4.94. The van der Waals surface area contributed by atoms with Crippen LogP contribution in [-0.2, 0) is 4.74 Å². The Balaban J connectivity index is 2.03. The summed E-state index contributed by atoms with van der Waals surface area (Å²) in [6, 6.07) is 0.141. The molecular weight excluding hydrogens is 348 g/mol. The molecule has 1 aliphatic rings. The van der Waals surface area contributed by atoms with Crippen LogP contribution in [0.1, 0.15) is 33.4 Å². The van der Waals surface area contributed by atoms with Gasteiger partial charge in [-0.2, -0.15) is 0 Å². The third-order valence-corrected chi connectivity index (χ3v) is 4.22. The summed E-state index contributed by atoms with van der Waals surface area (Å²) in [6.07, 6.45) is 1.51. The van der Waals surface area contributed by atoms with E-state index in [1.807, 2.05) is 27.7 Å².